The summed E-state index contributed by atoms with van der Waals surface area (Å²) in [6.45, 7) is 3.60. The van der Waals surface area contributed by atoms with Crippen molar-refractivity contribution >= 4 is 11.5 Å². The maximum atomic E-state index is 11.0. The first kappa shape index (κ1) is 14.9. The van der Waals surface area contributed by atoms with Gasteiger partial charge >= 0.3 is 5.69 Å². The monoisotopic (exact) mass is 264 g/mol. The maximum absolute atomic E-state index is 11.0. The van der Waals surface area contributed by atoms with E-state index in [1.54, 1.807) is 0 Å². The molecule has 19 heavy (non-hydrogen) atoms. The molecule has 0 aromatic carbocycles. The number of hydrogen-bond acceptors (Lipinski definition) is 6. The van der Waals surface area contributed by atoms with Crippen LogP contribution in [0.25, 0.3) is 0 Å². The van der Waals surface area contributed by atoms with Crippen LogP contribution in [0.3, 0.4) is 0 Å². The van der Waals surface area contributed by atoms with Gasteiger partial charge in [0.15, 0.2) is 0 Å². The molecule has 0 aliphatic carbocycles. The first-order chi connectivity index (χ1) is 9.01. The molecule has 7 heteroatoms. The Morgan fingerprint density at radius 3 is 2.63 bits per heavy atom. The lowest BCUT2D eigenvalue weighted by atomic mass is 9.94. The molecular weight excluding hydrogens is 248 g/mol. The van der Waals surface area contributed by atoms with E-state index in [9.17, 15) is 15.2 Å². The second kappa shape index (κ2) is 6.11. The van der Waals surface area contributed by atoms with Crippen molar-refractivity contribution < 1.29 is 10.0 Å². The number of pyridine rings is 1. The van der Waals surface area contributed by atoms with Crippen molar-refractivity contribution in [2.24, 2.45) is 0 Å². The summed E-state index contributed by atoms with van der Waals surface area (Å²) in [5, 5.41) is 32.1. The van der Waals surface area contributed by atoms with E-state index in [0.717, 1.165) is 0 Å². The number of aliphatic hydroxyl groups is 1. The molecular formula is C12H16N4O3. The van der Waals surface area contributed by atoms with Crippen LogP contribution in [-0.4, -0.2) is 27.2 Å². The minimum absolute atomic E-state index is 0.0711. The fraction of sp³-hybridized carbons (Fsp3) is 0.500. The van der Waals surface area contributed by atoms with Crippen LogP contribution in [0.1, 0.15) is 32.3 Å². The fourth-order valence-corrected chi connectivity index (χ4v) is 1.69. The van der Waals surface area contributed by atoms with Crippen molar-refractivity contribution in [3.63, 3.8) is 0 Å². The number of rotatable bonds is 6. The summed E-state index contributed by atoms with van der Waals surface area (Å²) >= 11 is 0. The number of aliphatic hydroxyl groups excluding tert-OH is 1. The molecule has 0 saturated heterocycles. The molecule has 0 aliphatic rings. The van der Waals surface area contributed by atoms with Gasteiger partial charge in [-0.25, -0.2) is 4.98 Å². The molecule has 2 N–H and O–H groups in total. The van der Waals surface area contributed by atoms with Crippen LogP contribution < -0.4 is 5.32 Å². The molecule has 0 amide bonds. The van der Waals surface area contributed by atoms with Crippen LogP contribution in [0.5, 0.6) is 0 Å². The molecule has 1 aromatic rings. The fourth-order valence-electron chi connectivity index (χ4n) is 1.69. The Morgan fingerprint density at radius 2 is 2.21 bits per heavy atom. The van der Waals surface area contributed by atoms with Gasteiger partial charge in [-0.05, 0) is 12.8 Å². The largest absolute Gasteiger partial charge is 0.394 e. The van der Waals surface area contributed by atoms with Gasteiger partial charge < -0.3 is 10.4 Å². The summed E-state index contributed by atoms with van der Waals surface area (Å²) in [6, 6.07) is 2.98. The smallest absolute Gasteiger partial charge is 0.312 e. The Labute approximate surface area is 111 Å². The lowest BCUT2D eigenvalue weighted by Crippen LogP contribution is -2.41. The van der Waals surface area contributed by atoms with Crippen molar-refractivity contribution in [2.45, 2.75) is 32.2 Å². The van der Waals surface area contributed by atoms with E-state index >= 15 is 0 Å². The minimum Gasteiger partial charge on any atom is -0.394 e. The minimum atomic E-state index is -0.647. The number of nitro groups is 1. The van der Waals surface area contributed by atoms with Crippen molar-refractivity contribution in [3.8, 4) is 6.07 Å². The number of aromatic nitrogens is 1. The van der Waals surface area contributed by atoms with E-state index in [2.05, 4.69) is 10.3 Å². The number of nitrogens with zero attached hydrogens (tertiary/aromatic N) is 3. The molecule has 0 radical (unpaired) electrons. The van der Waals surface area contributed by atoms with E-state index in [1.165, 1.54) is 12.3 Å². The molecule has 0 saturated carbocycles. The van der Waals surface area contributed by atoms with E-state index in [1.807, 2.05) is 19.9 Å². The second-order valence-electron chi connectivity index (χ2n) is 4.23. The van der Waals surface area contributed by atoms with Crippen molar-refractivity contribution in [1.29, 1.82) is 5.26 Å². The molecule has 102 valence electrons. The SMILES string of the molecule is CCC(CC)(CO)Nc1ncc(C#N)cc1[N+](=O)[O-]. The standard InChI is InChI=1S/C12H16N4O3/c1-3-12(4-2,8-17)15-11-10(16(18)19)5-9(6-13)7-14-11/h5,7,17H,3-4,8H2,1-2H3,(H,14,15). The highest BCUT2D eigenvalue weighted by atomic mass is 16.6. The molecule has 0 bridgehead atoms. The third-order valence-corrected chi connectivity index (χ3v) is 3.23. The summed E-state index contributed by atoms with van der Waals surface area (Å²) < 4.78 is 0. The topological polar surface area (TPSA) is 112 Å². The summed E-state index contributed by atoms with van der Waals surface area (Å²) in [7, 11) is 0. The molecule has 0 atom stereocenters. The number of hydrogen-bond donors (Lipinski definition) is 2. The third-order valence-electron chi connectivity index (χ3n) is 3.23. The van der Waals surface area contributed by atoms with E-state index in [-0.39, 0.29) is 23.7 Å². The zero-order chi connectivity index (χ0) is 14.5. The first-order valence-corrected chi connectivity index (χ1v) is 5.95. The normalized spacial score (nSPS) is 10.8. The average molecular weight is 264 g/mol. The van der Waals surface area contributed by atoms with Gasteiger partial charge in [-0.1, -0.05) is 13.8 Å². The Kier molecular flexibility index (Phi) is 4.78. The van der Waals surface area contributed by atoms with Crippen molar-refractivity contribution in [1.82, 2.24) is 4.98 Å². The van der Waals surface area contributed by atoms with Gasteiger partial charge in [-0.15, -0.1) is 0 Å². The molecule has 0 unspecified atom stereocenters. The summed E-state index contributed by atoms with van der Waals surface area (Å²) in [6.07, 6.45) is 2.46. The van der Waals surface area contributed by atoms with Crippen molar-refractivity contribution in [2.75, 3.05) is 11.9 Å². The Morgan fingerprint density at radius 1 is 1.58 bits per heavy atom. The van der Waals surface area contributed by atoms with Crippen LogP contribution >= 0.6 is 0 Å². The van der Waals surface area contributed by atoms with Gasteiger partial charge in [0.05, 0.1) is 22.6 Å². The number of nitrogens with one attached hydrogen (secondary N) is 1. The van der Waals surface area contributed by atoms with Crippen LogP contribution in [0, 0.1) is 21.4 Å². The van der Waals surface area contributed by atoms with Crippen LogP contribution in [0.4, 0.5) is 11.5 Å². The zero-order valence-electron chi connectivity index (χ0n) is 10.9. The van der Waals surface area contributed by atoms with E-state index in [0.29, 0.717) is 12.8 Å². The van der Waals surface area contributed by atoms with Crippen LogP contribution in [0.2, 0.25) is 0 Å². The molecule has 0 aliphatic heterocycles. The Hall–Kier alpha value is -2.20. The highest BCUT2D eigenvalue weighted by Gasteiger charge is 2.29. The van der Waals surface area contributed by atoms with Crippen LogP contribution in [-0.2, 0) is 0 Å². The summed E-state index contributed by atoms with van der Waals surface area (Å²) in [5.74, 6) is 0.0711. The molecule has 0 spiro atoms. The highest BCUT2D eigenvalue weighted by molar-refractivity contribution is 5.59. The maximum Gasteiger partial charge on any atom is 0.312 e. The molecule has 1 rings (SSSR count). The van der Waals surface area contributed by atoms with Gasteiger partial charge in [0, 0.05) is 12.3 Å². The third kappa shape index (κ3) is 3.17. The quantitative estimate of drug-likeness (QED) is 0.598. The number of anilines is 1. The molecule has 0 fully saturated rings. The predicted octanol–water partition coefficient (Wildman–Crippen LogP) is 1.82. The number of nitriles is 1. The second-order valence-corrected chi connectivity index (χ2v) is 4.23. The summed E-state index contributed by atoms with van der Waals surface area (Å²) in [4.78, 5) is 14.3. The van der Waals surface area contributed by atoms with Gasteiger partial charge in [0.2, 0.25) is 5.82 Å². The van der Waals surface area contributed by atoms with E-state index < -0.39 is 10.5 Å². The van der Waals surface area contributed by atoms with Crippen molar-refractivity contribution in [3.05, 3.63) is 27.9 Å². The first-order valence-electron chi connectivity index (χ1n) is 5.95. The zero-order valence-corrected chi connectivity index (χ0v) is 10.9. The Bertz CT molecular complexity index is 498. The van der Waals surface area contributed by atoms with E-state index in [4.69, 9.17) is 5.26 Å². The van der Waals surface area contributed by atoms with Gasteiger partial charge in [0.1, 0.15) is 6.07 Å². The highest BCUT2D eigenvalue weighted by Crippen LogP contribution is 2.28. The lowest BCUT2D eigenvalue weighted by Gasteiger charge is -2.31. The van der Waals surface area contributed by atoms with Gasteiger partial charge in [0.25, 0.3) is 0 Å². The lowest BCUT2D eigenvalue weighted by molar-refractivity contribution is -0.384. The Balaban J connectivity index is 3.20. The van der Waals surface area contributed by atoms with Gasteiger partial charge in [-0.2, -0.15) is 5.26 Å². The van der Waals surface area contributed by atoms with Crippen LogP contribution in [0.15, 0.2) is 12.3 Å². The summed E-state index contributed by atoms with van der Waals surface area (Å²) in [5.41, 5.74) is -0.787. The molecule has 1 heterocycles. The molecule has 1 aromatic heterocycles. The predicted molar refractivity (Wildman–Crippen MR) is 69.6 cm³/mol. The van der Waals surface area contributed by atoms with Gasteiger partial charge in [-0.3, -0.25) is 10.1 Å². The average Bonchev–Trinajstić information content (AvgIpc) is 2.45. The molecule has 7 nitrogen and oxygen atoms in total.